The molecule has 1 rings (SSSR count). The molecule has 0 saturated carbocycles. The summed E-state index contributed by atoms with van der Waals surface area (Å²) in [6, 6.07) is 3.84. The van der Waals surface area contributed by atoms with Crippen molar-refractivity contribution < 1.29 is 9.15 Å². The summed E-state index contributed by atoms with van der Waals surface area (Å²) in [5, 5.41) is 0. The zero-order valence-corrected chi connectivity index (χ0v) is 8.25. The third-order valence-corrected chi connectivity index (χ3v) is 1.82. The number of hydrogen-bond donors (Lipinski definition) is 1. The maximum absolute atomic E-state index is 5.57. The summed E-state index contributed by atoms with van der Waals surface area (Å²) in [4.78, 5) is 0. The van der Waals surface area contributed by atoms with Gasteiger partial charge < -0.3 is 14.9 Å². The molecule has 0 amide bonds. The molecule has 0 radical (unpaired) electrons. The van der Waals surface area contributed by atoms with Crippen molar-refractivity contribution >= 4 is 0 Å². The van der Waals surface area contributed by atoms with Gasteiger partial charge in [-0.1, -0.05) is 6.92 Å². The number of nitrogens with two attached hydrogens (primary N) is 1. The zero-order chi connectivity index (χ0) is 9.68. The molecule has 1 unspecified atom stereocenters. The molecule has 1 heterocycles. The lowest BCUT2D eigenvalue weighted by atomic mass is 10.3. The van der Waals surface area contributed by atoms with E-state index >= 15 is 0 Å². The molecule has 0 aliphatic heterocycles. The van der Waals surface area contributed by atoms with Crippen molar-refractivity contribution in [2.45, 2.75) is 26.4 Å². The quantitative estimate of drug-likeness (QED) is 0.759. The first-order chi connectivity index (χ1) is 6.27. The van der Waals surface area contributed by atoms with Crippen LogP contribution in [0.25, 0.3) is 0 Å². The van der Waals surface area contributed by atoms with Crippen molar-refractivity contribution in [1.82, 2.24) is 0 Å². The average molecular weight is 183 g/mol. The summed E-state index contributed by atoms with van der Waals surface area (Å²) >= 11 is 0. The van der Waals surface area contributed by atoms with E-state index in [0.717, 1.165) is 24.5 Å². The number of rotatable bonds is 5. The Morgan fingerprint density at radius 3 is 2.77 bits per heavy atom. The summed E-state index contributed by atoms with van der Waals surface area (Å²) in [6.45, 7) is 5.17. The highest BCUT2D eigenvalue weighted by molar-refractivity contribution is 5.08. The Balaban J connectivity index is 2.56. The third kappa shape index (κ3) is 2.86. The number of furan rings is 1. The van der Waals surface area contributed by atoms with E-state index in [4.69, 9.17) is 14.9 Å². The molecule has 0 aromatic carbocycles. The van der Waals surface area contributed by atoms with Gasteiger partial charge in [-0.2, -0.15) is 0 Å². The highest BCUT2D eigenvalue weighted by atomic mass is 16.5. The molecule has 1 aromatic rings. The predicted molar refractivity (Wildman–Crippen MR) is 51.5 cm³/mol. The van der Waals surface area contributed by atoms with E-state index in [1.807, 2.05) is 19.1 Å². The van der Waals surface area contributed by atoms with Gasteiger partial charge in [0.1, 0.15) is 17.6 Å². The van der Waals surface area contributed by atoms with Gasteiger partial charge in [-0.15, -0.1) is 0 Å². The van der Waals surface area contributed by atoms with Gasteiger partial charge in [-0.25, -0.2) is 0 Å². The minimum absolute atomic E-state index is 0.0892. The van der Waals surface area contributed by atoms with Crippen molar-refractivity contribution in [2.24, 2.45) is 5.73 Å². The Hall–Kier alpha value is -0.800. The van der Waals surface area contributed by atoms with E-state index in [0.29, 0.717) is 6.54 Å². The van der Waals surface area contributed by atoms with Gasteiger partial charge in [0.25, 0.3) is 0 Å². The maximum Gasteiger partial charge on any atom is 0.134 e. The molecule has 0 bridgehead atoms. The highest BCUT2D eigenvalue weighted by Crippen LogP contribution is 2.18. The Morgan fingerprint density at radius 2 is 2.31 bits per heavy atom. The van der Waals surface area contributed by atoms with E-state index < -0.39 is 0 Å². The van der Waals surface area contributed by atoms with Crippen molar-refractivity contribution in [3.63, 3.8) is 0 Å². The van der Waals surface area contributed by atoms with Crippen molar-refractivity contribution in [1.29, 1.82) is 0 Å². The topological polar surface area (TPSA) is 48.4 Å². The second-order valence-corrected chi connectivity index (χ2v) is 3.04. The molecular formula is C10H17NO2. The van der Waals surface area contributed by atoms with E-state index in [1.54, 1.807) is 0 Å². The summed E-state index contributed by atoms with van der Waals surface area (Å²) in [7, 11) is 0. The van der Waals surface area contributed by atoms with Gasteiger partial charge in [0.05, 0.1) is 0 Å². The summed E-state index contributed by atoms with van der Waals surface area (Å²) in [6.07, 6.45) is 0.907. The number of aryl methyl sites for hydroxylation is 1. The second-order valence-electron chi connectivity index (χ2n) is 3.04. The molecule has 1 aromatic heterocycles. The first kappa shape index (κ1) is 10.3. The fourth-order valence-electron chi connectivity index (χ4n) is 1.15. The average Bonchev–Trinajstić information content (AvgIpc) is 2.54. The lowest BCUT2D eigenvalue weighted by Gasteiger charge is -2.12. The highest BCUT2D eigenvalue weighted by Gasteiger charge is 2.12. The molecule has 1 atom stereocenters. The van der Waals surface area contributed by atoms with Crippen LogP contribution in [0.5, 0.6) is 0 Å². The van der Waals surface area contributed by atoms with Crippen LogP contribution in [0.2, 0.25) is 0 Å². The van der Waals surface area contributed by atoms with Crippen molar-refractivity contribution in [3.05, 3.63) is 23.7 Å². The molecular weight excluding hydrogens is 166 g/mol. The third-order valence-electron chi connectivity index (χ3n) is 1.82. The normalized spacial score (nSPS) is 13.2. The van der Waals surface area contributed by atoms with Crippen LogP contribution in [0.1, 0.15) is 31.0 Å². The van der Waals surface area contributed by atoms with E-state index in [2.05, 4.69) is 6.92 Å². The summed E-state index contributed by atoms with van der Waals surface area (Å²) in [5.41, 5.74) is 5.57. The molecule has 2 N–H and O–H groups in total. The zero-order valence-electron chi connectivity index (χ0n) is 8.25. The van der Waals surface area contributed by atoms with E-state index in [9.17, 15) is 0 Å². The van der Waals surface area contributed by atoms with Crippen LogP contribution in [-0.2, 0) is 4.74 Å². The van der Waals surface area contributed by atoms with Gasteiger partial charge in [0.15, 0.2) is 0 Å². The summed E-state index contributed by atoms with van der Waals surface area (Å²) in [5.74, 6) is 1.72. The molecule has 74 valence electrons. The Kier molecular flexibility index (Phi) is 3.99. The Morgan fingerprint density at radius 1 is 1.54 bits per heavy atom. The smallest absolute Gasteiger partial charge is 0.134 e. The van der Waals surface area contributed by atoms with Crippen LogP contribution < -0.4 is 5.73 Å². The predicted octanol–water partition coefficient (Wildman–Crippen LogP) is 2.01. The van der Waals surface area contributed by atoms with E-state index in [1.165, 1.54) is 0 Å². The van der Waals surface area contributed by atoms with Crippen LogP contribution in [0.15, 0.2) is 16.5 Å². The van der Waals surface area contributed by atoms with Gasteiger partial charge >= 0.3 is 0 Å². The molecule has 0 aliphatic carbocycles. The van der Waals surface area contributed by atoms with Gasteiger partial charge in [-0.3, -0.25) is 0 Å². The van der Waals surface area contributed by atoms with Crippen LogP contribution in [-0.4, -0.2) is 13.2 Å². The Bertz CT molecular complexity index is 245. The van der Waals surface area contributed by atoms with Crippen LogP contribution in [0.3, 0.4) is 0 Å². The molecule has 13 heavy (non-hydrogen) atoms. The largest absolute Gasteiger partial charge is 0.464 e. The fraction of sp³-hybridized carbons (Fsp3) is 0.600. The molecule has 3 heteroatoms. The fourth-order valence-corrected chi connectivity index (χ4v) is 1.15. The molecule has 0 aliphatic rings. The first-order valence-electron chi connectivity index (χ1n) is 4.66. The minimum Gasteiger partial charge on any atom is -0.464 e. The molecule has 0 spiro atoms. The summed E-state index contributed by atoms with van der Waals surface area (Å²) < 4.78 is 10.9. The SMILES string of the molecule is CCCOC(CN)c1ccc(C)o1. The molecule has 0 fully saturated rings. The first-order valence-corrected chi connectivity index (χ1v) is 4.66. The molecule has 3 nitrogen and oxygen atoms in total. The lowest BCUT2D eigenvalue weighted by molar-refractivity contribution is 0.0437. The number of ether oxygens (including phenoxy) is 1. The maximum atomic E-state index is 5.57. The van der Waals surface area contributed by atoms with Crippen molar-refractivity contribution in [3.8, 4) is 0 Å². The monoisotopic (exact) mass is 183 g/mol. The van der Waals surface area contributed by atoms with Gasteiger partial charge in [0, 0.05) is 13.2 Å². The second kappa shape index (κ2) is 5.04. The van der Waals surface area contributed by atoms with Gasteiger partial charge in [-0.05, 0) is 25.5 Å². The lowest BCUT2D eigenvalue weighted by Crippen LogP contribution is -2.15. The van der Waals surface area contributed by atoms with Crippen LogP contribution in [0.4, 0.5) is 0 Å². The minimum atomic E-state index is -0.0892. The Labute approximate surface area is 78.9 Å². The standard InChI is InChI=1S/C10H17NO2/c1-3-6-12-10(7-11)9-5-4-8(2)13-9/h4-5,10H,3,6-7,11H2,1-2H3. The molecule has 0 saturated heterocycles. The van der Waals surface area contributed by atoms with Gasteiger partial charge in [0.2, 0.25) is 0 Å². The van der Waals surface area contributed by atoms with Crippen LogP contribution >= 0.6 is 0 Å². The van der Waals surface area contributed by atoms with E-state index in [-0.39, 0.29) is 6.10 Å². The number of hydrogen-bond acceptors (Lipinski definition) is 3. The van der Waals surface area contributed by atoms with Crippen LogP contribution in [0, 0.1) is 6.92 Å². The van der Waals surface area contributed by atoms with Crippen molar-refractivity contribution in [2.75, 3.05) is 13.2 Å².